The van der Waals surface area contributed by atoms with Gasteiger partial charge < -0.3 is 30.0 Å². The van der Waals surface area contributed by atoms with Crippen molar-refractivity contribution in [2.75, 3.05) is 43.3 Å². The van der Waals surface area contributed by atoms with E-state index >= 15 is 0 Å². The molecule has 10 heteroatoms. The van der Waals surface area contributed by atoms with Crippen molar-refractivity contribution in [3.05, 3.63) is 84.8 Å². The summed E-state index contributed by atoms with van der Waals surface area (Å²) in [6.45, 7) is 0.653. The zero-order chi connectivity index (χ0) is 27.4. The van der Waals surface area contributed by atoms with E-state index in [9.17, 15) is 4.79 Å². The van der Waals surface area contributed by atoms with Gasteiger partial charge in [-0.3, -0.25) is 0 Å². The number of nitrogen functional groups attached to an aromatic ring is 1. The summed E-state index contributed by atoms with van der Waals surface area (Å²) in [6, 6.07) is 18.3. The Bertz CT molecular complexity index is 1620. The van der Waals surface area contributed by atoms with Crippen molar-refractivity contribution < 1.29 is 14.3 Å². The van der Waals surface area contributed by atoms with E-state index < -0.39 is 0 Å². The van der Waals surface area contributed by atoms with Gasteiger partial charge in [0.1, 0.15) is 18.0 Å². The first-order valence-electron chi connectivity index (χ1n) is 12.4. The van der Waals surface area contributed by atoms with Crippen molar-refractivity contribution in [2.24, 2.45) is 7.05 Å². The molecule has 39 heavy (non-hydrogen) atoms. The minimum Gasteiger partial charge on any atom is -0.494 e. The van der Waals surface area contributed by atoms with Crippen molar-refractivity contribution in [1.82, 2.24) is 19.5 Å². The molecule has 3 heterocycles. The van der Waals surface area contributed by atoms with Crippen LogP contribution in [0.3, 0.4) is 0 Å². The number of aryl methyl sites for hydroxylation is 1. The maximum absolute atomic E-state index is 12.2. The van der Waals surface area contributed by atoms with Crippen LogP contribution in [0.5, 0.6) is 5.75 Å². The van der Waals surface area contributed by atoms with Gasteiger partial charge in [-0.15, -0.1) is 0 Å². The Morgan fingerprint density at radius 3 is 2.69 bits per heavy atom. The molecule has 3 aromatic heterocycles. The molecule has 5 aromatic rings. The topological polar surface area (TPSA) is 120 Å². The second kappa shape index (κ2) is 11.1. The zero-order valence-corrected chi connectivity index (χ0v) is 22.0. The zero-order valence-electron chi connectivity index (χ0n) is 22.0. The maximum Gasteiger partial charge on any atom is 0.338 e. The Labute approximate surface area is 226 Å². The predicted octanol–water partition coefficient (Wildman–Crippen LogP) is 4.66. The fourth-order valence-electron chi connectivity index (χ4n) is 4.34. The number of esters is 1. The van der Waals surface area contributed by atoms with Gasteiger partial charge in [-0.2, -0.15) is 0 Å². The highest BCUT2D eigenvalue weighted by molar-refractivity contribution is 5.93. The van der Waals surface area contributed by atoms with Gasteiger partial charge in [-0.1, -0.05) is 18.2 Å². The van der Waals surface area contributed by atoms with Crippen molar-refractivity contribution in [3.8, 4) is 17.0 Å². The Balaban J connectivity index is 1.31. The van der Waals surface area contributed by atoms with E-state index in [1.807, 2.05) is 60.1 Å². The van der Waals surface area contributed by atoms with E-state index in [1.165, 1.54) is 0 Å². The number of carbonyl (C=O) groups excluding carboxylic acids is 1. The van der Waals surface area contributed by atoms with E-state index in [4.69, 9.17) is 20.2 Å². The molecule has 0 saturated heterocycles. The minimum atomic E-state index is -0.365. The second-order valence-corrected chi connectivity index (χ2v) is 8.95. The summed E-state index contributed by atoms with van der Waals surface area (Å²) in [5, 5.41) is 4.24. The predicted molar refractivity (Wildman–Crippen MR) is 152 cm³/mol. The summed E-state index contributed by atoms with van der Waals surface area (Å²) in [4.78, 5) is 27.7. The molecule has 0 aliphatic heterocycles. The number of nitrogens with two attached hydrogens (primary N) is 1. The first kappa shape index (κ1) is 25.5. The number of benzene rings is 2. The van der Waals surface area contributed by atoms with Gasteiger partial charge in [-0.05, 0) is 36.4 Å². The molecule has 0 spiro atoms. The molecule has 0 unspecified atom stereocenters. The van der Waals surface area contributed by atoms with Crippen molar-refractivity contribution in [3.63, 3.8) is 0 Å². The van der Waals surface area contributed by atoms with E-state index in [-0.39, 0.29) is 12.6 Å². The average molecular weight is 524 g/mol. The fraction of sp³-hybridized carbons (Fsp3) is 0.172. The molecule has 0 aliphatic carbocycles. The molecule has 10 nitrogen and oxygen atoms in total. The molecule has 198 valence electrons. The fourth-order valence-corrected chi connectivity index (χ4v) is 4.34. The van der Waals surface area contributed by atoms with Gasteiger partial charge in [0.2, 0.25) is 5.95 Å². The summed E-state index contributed by atoms with van der Waals surface area (Å²) in [5.74, 6) is 0.604. The van der Waals surface area contributed by atoms with Gasteiger partial charge in [0.15, 0.2) is 0 Å². The number of ether oxygens (including phenoxy) is 2. The van der Waals surface area contributed by atoms with E-state index in [1.54, 1.807) is 49.8 Å². The van der Waals surface area contributed by atoms with Crippen LogP contribution in [-0.2, 0) is 11.8 Å². The second-order valence-electron chi connectivity index (χ2n) is 8.95. The number of fused-ring (bicyclic) bond motifs is 1. The lowest BCUT2D eigenvalue weighted by molar-refractivity contribution is 0.0516. The van der Waals surface area contributed by atoms with Crippen LogP contribution in [0.1, 0.15) is 10.4 Å². The third-order valence-electron chi connectivity index (χ3n) is 6.34. The molecule has 0 atom stereocenters. The van der Waals surface area contributed by atoms with Gasteiger partial charge in [0.05, 0.1) is 42.0 Å². The quantitative estimate of drug-likeness (QED) is 0.210. The number of pyridine rings is 1. The number of likely N-dealkylation sites (N-methyl/N-ethyl adjacent to an activating group) is 1. The van der Waals surface area contributed by atoms with Crippen molar-refractivity contribution in [2.45, 2.75) is 0 Å². The lowest BCUT2D eigenvalue weighted by Gasteiger charge is -2.23. The van der Waals surface area contributed by atoms with Crippen LogP contribution in [0, 0.1) is 0 Å². The van der Waals surface area contributed by atoms with Crippen LogP contribution in [-0.4, -0.2) is 52.8 Å². The van der Waals surface area contributed by atoms with Gasteiger partial charge in [0, 0.05) is 49.7 Å². The Hall–Kier alpha value is -5.12. The number of nitrogens with zero attached hydrogens (tertiary/aromatic N) is 5. The number of carbonyl (C=O) groups is 1. The summed E-state index contributed by atoms with van der Waals surface area (Å²) in [7, 11) is 5.42. The maximum atomic E-state index is 12.2. The number of anilines is 4. The average Bonchev–Trinajstić information content (AvgIpc) is 3.30. The summed E-state index contributed by atoms with van der Waals surface area (Å²) < 4.78 is 13.0. The summed E-state index contributed by atoms with van der Waals surface area (Å²) in [5.41, 5.74) is 11.4. The van der Waals surface area contributed by atoms with E-state index in [0.29, 0.717) is 35.2 Å². The highest BCUT2D eigenvalue weighted by Gasteiger charge is 2.16. The molecule has 3 N–H and O–H groups in total. The SMILES string of the molecule is COc1cc(N(C)CCOC(=O)c2ccccc2)c(N)cc1Nc1nccc(-c2cn(C)c3ncccc23)n1. The van der Waals surface area contributed by atoms with Gasteiger partial charge in [-0.25, -0.2) is 19.7 Å². The number of hydrogen-bond donors (Lipinski definition) is 2. The normalized spacial score (nSPS) is 10.8. The monoisotopic (exact) mass is 523 g/mol. The number of aromatic nitrogens is 4. The molecule has 0 saturated carbocycles. The third-order valence-corrected chi connectivity index (χ3v) is 6.34. The lowest BCUT2D eigenvalue weighted by atomic mass is 10.1. The van der Waals surface area contributed by atoms with Gasteiger partial charge >= 0.3 is 5.97 Å². The first-order valence-corrected chi connectivity index (χ1v) is 12.4. The molecule has 0 amide bonds. The van der Waals surface area contributed by atoms with Crippen LogP contribution in [0.2, 0.25) is 0 Å². The van der Waals surface area contributed by atoms with Crippen molar-refractivity contribution >= 4 is 40.0 Å². The molecular formula is C29H29N7O3. The van der Waals surface area contributed by atoms with Crippen LogP contribution < -0.4 is 20.7 Å². The summed E-state index contributed by atoms with van der Waals surface area (Å²) in [6.07, 6.45) is 5.48. The molecule has 0 radical (unpaired) electrons. The highest BCUT2D eigenvalue weighted by Crippen LogP contribution is 2.36. The van der Waals surface area contributed by atoms with Crippen LogP contribution >= 0.6 is 0 Å². The molecular weight excluding hydrogens is 494 g/mol. The molecule has 0 bridgehead atoms. The van der Waals surface area contributed by atoms with E-state index in [0.717, 1.165) is 28.0 Å². The highest BCUT2D eigenvalue weighted by atomic mass is 16.5. The molecule has 2 aromatic carbocycles. The van der Waals surface area contributed by atoms with Gasteiger partial charge in [0.25, 0.3) is 0 Å². The molecule has 0 fully saturated rings. The van der Waals surface area contributed by atoms with Crippen LogP contribution in [0.4, 0.5) is 23.0 Å². The Kier molecular flexibility index (Phi) is 7.26. The standard InChI is InChI=1S/C29H29N7O3/c1-35(14-15-39-28(37)19-8-5-4-6-9-19)25-17-26(38-3)24(16-22(25)30)34-29-32-13-11-23(33-29)21-18-36(2)27-20(21)10-7-12-31-27/h4-13,16-18H,14-15,30H2,1-3H3,(H,32,33,34). The number of rotatable bonds is 9. The summed E-state index contributed by atoms with van der Waals surface area (Å²) >= 11 is 0. The number of methoxy groups -OCH3 is 1. The smallest absolute Gasteiger partial charge is 0.338 e. The first-order chi connectivity index (χ1) is 18.9. The van der Waals surface area contributed by atoms with Crippen molar-refractivity contribution in [1.29, 1.82) is 0 Å². The lowest BCUT2D eigenvalue weighted by Crippen LogP contribution is -2.25. The largest absolute Gasteiger partial charge is 0.494 e. The van der Waals surface area contributed by atoms with Crippen LogP contribution in [0.25, 0.3) is 22.3 Å². The Morgan fingerprint density at radius 1 is 1.08 bits per heavy atom. The number of hydrogen-bond acceptors (Lipinski definition) is 9. The minimum absolute atomic E-state index is 0.205. The Morgan fingerprint density at radius 2 is 1.90 bits per heavy atom. The van der Waals surface area contributed by atoms with Crippen LogP contribution in [0.15, 0.2) is 79.3 Å². The third kappa shape index (κ3) is 5.45. The molecule has 0 aliphatic rings. The number of nitrogens with one attached hydrogen (secondary N) is 1. The van der Waals surface area contributed by atoms with E-state index in [2.05, 4.69) is 15.3 Å². The molecule has 5 rings (SSSR count).